The monoisotopic (exact) mass is 211 g/mol. The topological polar surface area (TPSA) is 26.0 Å². The second kappa shape index (κ2) is 3.89. The molecule has 1 aromatic carbocycles. The van der Waals surface area contributed by atoms with E-state index in [0.29, 0.717) is 12.0 Å². The largest absolute Gasteiger partial charge is 0.325 e. The zero-order valence-corrected chi connectivity index (χ0v) is 8.55. The number of rotatable bonds is 4. The van der Waals surface area contributed by atoms with Crippen LogP contribution in [0.2, 0.25) is 0 Å². The van der Waals surface area contributed by atoms with Gasteiger partial charge in [-0.3, -0.25) is 4.39 Å². The Labute approximate surface area is 88.3 Å². The van der Waals surface area contributed by atoms with Gasteiger partial charge in [0.1, 0.15) is 5.82 Å². The number of benzene rings is 1. The third-order valence-electron chi connectivity index (χ3n) is 3.05. The summed E-state index contributed by atoms with van der Waals surface area (Å²) in [6.45, 7) is -0.470. The van der Waals surface area contributed by atoms with E-state index in [9.17, 15) is 8.78 Å². The molecule has 82 valence electrons. The van der Waals surface area contributed by atoms with Gasteiger partial charge in [0, 0.05) is 11.5 Å². The molecule has 0 aromatic heterocycles. The minimum atomic E-state index is -0.470. The lowest BCUT2D eigenvalue weighted by molar-refractivity contribution is 0.387. The number of hydrogen-bond donors (Lipinski definition) is 1. The molecule has 15 heavy (non-hydrogen) atoms. The quantitative estimate of drug-likeness (QED) is 0.814. The predicted octanol–water partition coefficient (Wildman–Crippen LogP) is 2.76. The normalized spacial score (nSPS) is 19.9. The maximum atomic E-state index is 13.0. The average Bonchev–Trinajstić information content (AvgIpc) is 2.93. The fourth-order valence-corrected chi connectivity index (χ4v) is 1.88. The van der Waals surface area contributed by atoms with Gasteiger partial charge in [0.25, 0.3) is 0 Å². The Hall–Kier alpha value is -0.960. The van der Waals surface area contributed by atoms with Gasteiger partial charge in [-0.05, 0) is 37.0 Å². The third-order valence-corrected chi connectivity index (χ3v) is 3.05. The Morgan fingerprint density at radius 1 is 1.40 bits per heavy atom. The van der Waals surface area contributed by atoms with Crippen molar-refractivity contribution in [3.63, 3.8) is 0 Å². The van der Waals surface area contributed by atoms with E-state index >= 15 is 0 Å². The fourth-order valence-electron chi connectivity index (χ4n) is 1.88. The number of nitrogens with two attached hydrogens (primary N) is 1. The summed E-state index contributed by atoms with van der Waals surface area (Å²) in [6, 6.07) is 6.15. The molecule has 0 radical (unpaired) electrons. The van der Waals surface area contributed by atoms with Crippen LogP contribution < -0.4 is 5.73 Å². The molecule has 2 N–H and O–H groups in total. The number of alkyl halides is 1. The molecule has 1 fully saturated rings. The smallest absolute Gasteiger partial charge is 0.123 e. The second-order valence-corrected chi connectivity index (χ2v) is 4.47. The van der Waals surface area contributed by atoms with Crippen LogP contribution in [0.3, 0.4) is 0 Å². The Balaban J connectivity index is 2.11. The molecule has 0 heterocycles. The maximum absolute atomic E-state index is 13.0. The van der Waals surface area contributed by atoms with Crippen LogP contribution in [0.25, 0.3) is 0 Å². The fraction of sp³-hybridized carbons (Fsp3) is 0.500. The molecule has 1 aliphatic rings. The molecule has 0 spiro atoms. The molecule has 0 bridgehead atoms. The molecule has 0 amide bonds. The van der Waals surface area contributed by atoms with Crippen molar-refractivity contribution in [2.45, 2.75) is 30.7 Å². The van der Waals surface area contributed by atoms with Gasteiger partial charge in [0.05, 0.1) is 6.67 Å². The van der Waals surface area contributed by atoms with E-state index in [-0.39, 0.29) is 17.3 Å². The van der Waals surface area contributed by atoms with Crippen molar-refractivity contribution in [2.75, 3.05) is 6.67 Å². The Morgan fingerprint density at radius 2 is 2.13 bits per heavy atom. The summed E-state index contributed by atoms with van der Waals surface area (Å²) >= 11 is 0. The van der Waals surface area contributed by atoms with Crippen LogP contribution in [0.15, 0.2) is 24.3 Å². The van der Waals surface area contributed by atoms with Crippen molar-refractivity contribution >= 4 is 0 Å². The molecule has 1 unspecified atom stereocenters. The maximum Gasteiger partial charge on any atom is 0.123 e. The summed E-state index contributed by atoms with van der Waals surface area (Å²) < 4.78 is 25.8. The molecule has 1 atom stereocenters. The highest BCUT2D eigenvalue weighted by molar-refractivity contribution is 5.22. The molecule has 1 aliphatic carbocycles. The van der Waals surface area contributed by atoms with Gasteiger partial charge < -0.3 is 5.73 Å². The zero-order valence-electron chi connectivity index (χ0n) is 8.55. The van der Waals surface area contributed by atoms with E-state index in [1.807, 2.05) is 0 Å². The van der Waals surface area contributed by atoms with E-state index in [4.69, 9.17) is 5.73 Å². The van der Waals surface area contributed by atoms with Crippen LogP contribution in [-0.4, -0.2) is 12.2 Å². The van der Waals surface area contributed by atoms with Crippen LogP contribution in [0, 0.1) is 5.82 Å². The Kier molecular flexibility index (Phi) is 2.74. The van der Waals surface area contributed by atoms with Gasteiger partial charge in [-0.1, -0.05) is 12.1 Å². The molecule has 2 rings (SSSR count). The molecular formula is C12H15F2N. The lowest BCUT2D eigenvalue weighted by atomic mass is 9.92. The van der Waals surface area contributed by atoms with Gasteiger partial charge in [0.15, 0.2) is 0 Å². The first-order chi connectivity index (χ1) is 7.13. The SMILES string of the molecule is NC1(CC(CF)c2cccc(F)c2)CC1. The predicted molar refractivity (Wildman–Crippen MR) is 55.9 cm³/mol. The molecule has 3 heteroatoms. The minimum Gasteiger partial charge on any atom is -0.325 e. The molecular weight excluding hydrogens is 196 g/mol. The van der Waals surface area contributed by atoms with Gasteiger partial charge in [-0.15, -0.1) is 0 Å². The van der Waals surface area contributed by atoms with Gasteiger partial charge in [-0.25, -0.2) is 4.39 Å². The van der Waals surface area contributed by atoms with E-state index in [1.54, 1.807) is 12.1 Å². The molecule has 0 aliphatic heterocycles. The second-order valence-electron chi connectivity index (χ2n) is 4.47. The van der Waals surface area contributed by atoms with Crippen molar-refractivity contribution < 1.29 is 8.78 Å². The van der Waals surface area contributed by atoms with Crippen LogP contribution in [0.4, 0.5) is 8.78 Å². The summed E-state index contributed by atoms with van der Waals surface area (Å²) in [5.74, 6) is -0.569. The molecule has 1 nitrogen and oxygen atoms in total. The standard InChI is InChI=1S/C12H15F2N/c13-8-10(7-12(15)4-5-12)9-2-1-3-11(14)6-9/h1-3,6,10H,4-5,7-8,15H2. The van der Waals surface area contributed by atoms with Gasteiger partial charge in [-0.2, -0.15) is 0 Å². The Morgan fingerprint density at radius 3 is 2.67 bits per heavy atom. The highest BCUT2D eigenvalue weighted by atomic mass is 19.1. The number of halogens is 2. The molecule has 1 aromatic rings. The van der Waals surface area contributed by atoms with E-state index in [0.717, 1.165) is 12.8 Å². The lowest BCUT2D eigenvalue weighted by Crippen LogP contribution is -2.25. The summed E-state index contributed by atoms with van der Waals surface area (Å²) in [7, 11) is 0. The number of hydrogen-bond acceptors (Lipinski definition) is 1. The van der Waals surface area contributed by atoms with Crippen molar-refractivity contribution in [3.8, 4) is 0 Å². The van der Waals surface area contributed by atoms with Crippen molar-refractivity contribution in [1.29, 1.82) is 0 Å². The van der Waals surface area contributed by atoms with Crippen LogP contribution >= 0.6 is 0 Å². The average molecular weight is 211 g/mol. The first kappa shape index (κ1) is 10.6. The summed E-state index contributed by atoms with van der Waals surface area (Å²) in [6.07, 6.45) is 2.53. The molecule has 1 saturated carbocycles. The van der Waals surface area contributed by atoms with Gasteiger partial charge >= 0.3 is 0 Å². The van der Waals surface area contributed by atoms with E-state index < -0.39 is 6.67 Å². The highest BCUT2D eigenvalue weighted by Gasteiger charge is 2.40. The summed E-state index contributed by atoms with van der Waals surface area (Å²) in [5.41, 5.74) is 6.46. The van der Waals surface area contributed by atoms with Crippen molar-refractivity contribution in [3.05, 3.63) is 35.6 Å². The summed E-state index contributed by atoms with van der Waals surface area (Å²) in [5, 5.41) is 0. The molecule has 0 saturated heterocycles. The summed E-state index contributed by atoms with van der Waals surface area (Å²) in [4.78, 5) is 0. The minimum absolute atomic E-state index is 0.191. The lowest BCUT2D eigenvalue weighted by Gasteiger charge is -2.17. The zero-order chi connectivity index (χ0) is 10.9. The van der Waals surface area contributed by atoms with Crippen LogP contribution in [-0.2, 0) is 0 Å². The first-order valence-corrected chi connectivity index (χ1v) is 5.23. The van der Waals surface area contributed by atoms with Crippen molar-refractivity contribution in [1.82, 2.24) is 0 Å². The van der Waals surface area contributed by atoms with Crippen molar-refractivity contribution in [2.24, 2.45) is 5.73 Å². The third kappa shape index (κ3) is 2.53. The highest BCUT2D eigenvalue weighted by Crippen LogP contribution is 2.41. The van der Waals surface area contributed by atoms with Crippen LogP contribution in [0.1, 0.15) is 30.7 Å². The van der Waals surface area contributed by atoms with Gasteiger partial charge in [0.2, 0.25) is 0 Å². The first-order valence-electron chi connectivity index (χ1n) is 5.23. The Bertz CT molecular complexity index is 347. The van der Waals surface area contributed by atoms with E-state index in [1.165, 1.54) is 12.1 Å². The van der Waals surface area contributed by atoms with Crippen LogP contribution in [0.5, 0.6) is 0 Å². The van der Waals surface area contributed by atoms with E-state index in [2.05, 4.69) is 0 Å².